The van der Waals surface area contributed by atoms with Crippen molar-refractivity contribution in [2.24, 2.45) is 0 Å². The Labute approximate surface area is 183 Å². The molecule has 1 aromatic heterocycles. The van der Waals surface area contributed by atoms with Gasteiger partial charge in [-0.3, -0.25) is 9.59 Å². The van der Waals surface area contributed by atoms with Crippen LogP contribution in [0.4, 0.5) is 0 Å². The number of aryl methyl sites for hydroxylation is 1. The Morgan fingerprint density at radius 3 is 2.32 bits per heavy atom. The number of hydrogen-bond acceptors (Lipinski definition) is 5. The van der Waals surface area contributed by atoms with Gasteiger partial charge in [0.1, 0.15) is 22.8 Å². The lowest BCUT2D eigenvalue weighted by atomic mass is 10.0. The van der Waals surface area contributed by atoms with E-state index in [1.807, 2.05) is 12.1 Å². The Balaban J connectivity index is 1.61. The number of methoxy groups -OCH3 is 1. The lowest BCUT2D eigenvalue weighted by molar-refractivity contribution is -0.133. The van der Waals surface area contributed by atoms with Crippen LogP contribution in [0.25, 0.3) is 22.1 Å². The largest absolute Gasteiger partial charge is 0.497 e. The molecule has 156 valence electrons. The maximum Gasteiger partial charge on any atom is 0.315 e. The minimum Gasteiger partial charge on any atom is -0.497 e. The summed E-state index contributed by atoms with van der Waals surface area (Å²) in [4.78, 5) is 25.4. The average molecular weight is 435 g/mol. The Morgan fingerprint density at radius 1 is 0.968 bits per heavy atom. The standard InChI is InChI=1S/C25H19ClO5/c1-15-24(17-5-9-19(29-2)10-6-17)25(28)21-12-11-20(14-22(21)30-15)31-23(27)13-16-3-7-18(26)8-4-16/h3-12,14H,13H2,1-2H3. The molecule has 31 heavy (non-hydrogen) atoms. The number of ether oxygens (including phenoxy) is 2. The molecule has 0 saturated carbocycles. The lowest BCUT2D eigenvalue weighted by Crippen LogP contribution is -2.12. The van der Waals surface area contributed by atoms with E-state index < -0.39 is 5.97 Å². The van der Waals surface area contributed by atoms with Gasteiger partial charge in [0.25, 0.3) is 0 Å². The van der Waals surface area contributed by atoms with Crippen LogP contribution in [0.15, 0.2) is 75.9 Å². The summed E-state index contributed by atoms with van der Waals surface area (Å²) in [6, 6.07) is 19.0. The van der Waals surface area contributed by atoms with Crippen LogP contribution in [0.5, 0.6) is 11.5 Å². The van der Waals surface area contributed by atoms with Crippen molar-refractivity contribution in [1.29, 1.82) is 0 Å². The van der Waals surface area contributed by atoms with Crippen LogP contribution in [0, 0.1) is 6.92 Å². The molecule has 0 spiro atoms. The van der Waals surface area contributed by atoms with Gasteiger partial charge in [0, 0.05) is 11.1 Å². The van der Waals surface area contributed by atoms with Crippen molar-refractivity contribution in [2.45, 2.75) is 13.3 Å². The van der Waals surface area contributed by atoms with Gasteiger partial charge >= 0.3 is 5.97 Å². The maximum atomic E-state index is 13.1. The molecule has 3 aromatic carbocycles. The molecule has 0 atom stereocenters. The van der Waals surface area contributed by atoms with Gasteiger partial charge < -0.3 is 13.9 Å². The first-order chi connectivity index (χ1) is 14.9. The molecule has 4 rings (SSSR count). The third-order valence-electron chi connectivity index (χ3n) is 4.91. The molecule has 0 saturated heterocycles. The summed E-state index contributed by atoms with van der Waals surface area (Å²) in [6.45, 7) is 1.74. The summed E-state index contributed by atoms with van der Waals surface area (Å²) in [5.74, 6) is 1.07. The van der Waals surface area contributed by atoms with Crippen molar-refractivity contribution in [2.75, 3.05) is 7.11 Å². The van der Waals surface area contributed by atoms with Gasteiger partial charge in [0.15, 0.2) is 0 Å². The zero-order chi connectivity index (χ0) is 22.0. The Kier molecular flexibility index (Phi) is 5.78. The zero-order valence-electron chi connectivity index (χ0n) is 17.0. The van der Waals surface area contributed by atoms with E-state index >= 15 is 0 Å². The molecule has 5 nitrogen and oxygen atoms in total. The van der Waals surface area contributed by atoms with Crippen molar-refractivity contribution in [3.63, 3.8) is 0 Å². The SMILES string of the molecule is COc1ccc(-c2c(C)oc3cc(OC(=O)Cc4ccc(Cl)cc4)ccc3c2=O)cc1. The Bertz CT molecular complexity index is 1310. The minimum atomic E-state index is -0.421. The fourth-order valence-corrected chi connectivity index (χ4v) is 3.50. The van der Waals surface area contributed by atoms with E-state index in [1.165, 1.54) is 0 Å². The molecule has 1 heterocycles. The molecule has 0 aliphatic rings. The number of halogens is 1. The molecule has 0 bridgehead atoms. The predicted octanol–water partition coefficient (Wildman–Crippen LogP) is 5.58. The summed E-state index contributed by atoms with van der Waals surface area (Å²) >= 11 is 5.87. The van der Waals surface area contributed by atoms with Crippen molar-refractivity contribution in [3.8, 4) is 22.6 Å². The smallest absolute Gasteiger partial charge is 0.315 e. The van der Waals surface area contributed by atoms with Gasteiger partial charge in [-0.05, 0) is 54.4 Å². The number of hydrogen-bond donors (Lipinski definition) is 0. The molecule has 0 aliphatic heterocycles. The van der Waals surface area contributed by atoms with Crippen molar-refractivity contribution < 1.29 is 18.7 Å². The van der Waals surface area contributed by atoms with Crippen molar-refractivity contribution in [1.82, 2.24) is 0 Å². The van der Waals surface area contributed by atoms with Crippen LogP contribution >= 0.6 is 11.6 Å². The summed E-state index contributed by atoms with van der Waals surface area (Å²) < 4.78 is 16.5. The van der Waals surface area contributed by atoms with Crippen molar-refractivity contribution >= 4 is 28.5 Å². The zero-order valence-corrected chi connectivity index (χ0v) is 17.7. The highest BCUT2D eigenvalue weighted by Gasteiger charge is 2.15. The summed E-state index contributed by atoms with van der Waals surface area (Å²) in [6.07, 6.45) is 0.106. The number of esters is 1. The normalized spacial score (nSPS) is 10.8. The molecular weight excluding hydrogens is 416 g/mol. The third-order valence-corrected chi connectivity index (χ3v) is 5.16. The van der Waals surface area contributed by atoms with E-state index in [9.17, 15) is 9.59 Å². The Hall–Kier alpha value is -3.57. The number of benzene rings is 3. The van der Waals surface area contributed by atoms with Gasteiger partial charge in [-0.1, -0.05) is 35.9 Å². The lowest BCUT2D eigenvalue weighted by Gasteiger charge is -2.09. The monoisotopic (exact) mass is 434 g/mol. The van der Waals surface area contributed by atoms with Gasteiger partial charge in [-0.25, -0.2) is 0 Å². The molecule has 0 aliphatic carbocycles. The van der Waals surface area contributed by atoms with Crippen LogP contribution in [-0.4, -0.2) is 13.1 Å². The number of fused-ring (bicyclic) bond motifs is 1. The highest BCUT2D eigenvalue weighted by atomic mass is 35.5. The molecule has 0 fully saturated rings. The predicted molar refractivity (Wildman–Crippen MR) is 120 cm³/mol. The van der Waals surface area contributed by atoms with E-state index in [0.29, 0.717) is 38.8 Å². The van der Waals surface area contributed by atoms with Gasteiger partial charge in [0.05, 0.1) is 24.5 Å². The van der Waals surface area contributed by atoms with Gasteiger partial charge in [0.2, 0.25) is 5.43 Å². The van der Waals surface area contributed by atoms with Crippen molar-refractivity contribution in [3.05, 3.63) is 93.3 Å². The first-order valence-electron chi connectivity index (χ1n) is 9.61. The van der Waals surface area contributed by atoms with Crippen LogP contribution in [-0.2, 0) is 11.2 Å². The fraction of sp³-hybridized carbons (Fsp3) is 0.120. The number of carbonyl (C=O) groups excluding carboxylic acids is 1. The van der Waals surface area contributed by atoms with E-state index in [4.69, 9.17) is 25.5 Å². The second-order valence-corrected chi connectivity index (χ2v) is 7.46. The molecule has 0 unspecified atom stereocenters. The molecular formula is C25H19ClO5. The highest BCUT2D eigenvalue weighted by molar-refractivity contribution is 6.30. The number of carbonyl (C=O) groups is 1. The summed E-state index contributed by atoms with van der Waals surface area (Å²) in [5, 5.41) is 1.01. The summed E-state index contributed by atoms with van der Waals surface area (Å²) in [5.41, 5.74) is 2.23. The van der Waals surface area contributed by atoms with Crippen LogP contribution in [0.2, 0.25) is 5.02 Å². The topological polar surface area (TPSA) is 65.7 Å². The van der Waals surface area contributed by atoms with E-state index in [0.717, 1.165) is 11.1 Å². The highest BCUT2D eigenvalue weighted by Crippen LogP contribution is 2.27. The third kappa shape index (κ3) is 4.47. The van der Waals surface area contributed by atoms with E-state index in [-0.39, 0.29) is 11.8 Å². The molecule has 4 aromatic rings. The maximum absolute atomic E-state index is 13.1. The summed E-state index contributed by atoms with van der Waals surface area (Å²) in [7, 11) is 1.59. The van der Waals surface area contributed by atoms with E-state index in [1.54, 1.807) is 68.6 Å². The fourth-order valence-electron chi connectivity index (χ4n) is 3.38. The molecule has 0 N–H and O–H groups in total. The minimum absolute atomic E-state index is 0.106. The first-order valence-corrected chi connectivity index (χ1v) is 9.99. The van der Waals surface area contributed by atoms with Crippen LogP contribution in [0.3, 0.4) is 0 Å². The van der Waals surface area contributed by atoms with Gasteiger partial charge in [-0.2, -0.15) is 0 Å². The second kappa shape index (κ2) is 8.66. The second-order valence-electron chi connectivity index (χ2n) is 7.03. The molecule has 0 amide bonds. The average Bonchev–Trinajstić information content (AvgIpc) is 2.75. The van der Waals surface area contributed by atoms with E-state index in [2.05, 4.69) is 0 Å². The van der Waals surface area contributed by atoms with Crippen LogP contribution < -0.4 is 14.9 Å². The molecule has 0 radical (unpaired) electrons. The Morgan fingerprint density at radius 2 is 1.65 bits per heavy atom. The first kappa shape index (κ1) is 20.7. The van der Waals surface area contributed by atoms with Gasteiger partial charge in [-0.15, -0.1) is 0 Å². The van der Waals surface area contributed by atoms with Crippen LogP contribution in [0.1, 0.15) is 11.3 Å². The number of rotatable bonds is 5. The quantitative estimate of drug-likeness (QED) is 0.303. The molecule has 6 heteroatoms.